The first kappa shape index (κ1) is 12.3. The van der Waals surface area contributed by atoms with E-state index in [0.29, 0.717) is 5.69 Å². The highest BCUT2D eigenvalue weighted by Crippen LogP contribution is 2.27. The smallest absolute Gasteiger partial charge is 0.292 e. The molecule has 94 valence electrons. The molecule has 1 aromatic carbocycles. The molecule has 5 nitrogen and oxygen atoms in total. The standard InChI is InChI=1S/C13H16N4O/c1-13(2,3)11-10(12(18)17-16-11)15-14-9-7-5-4-6-8-9/h4-8H,1-3H3,(H2,16,17,18). The van der Waals surface area contributed by atoms with Gasteiger partial charge in [0.25, 0.3) is 5.56 Å². The molecule has 0 saturated heterocycles. The van der Waals surface area contributed by atoms with Gasteiger partial charge in [-0.05, 0) is 12.1 Å². The molecule has 0 bridgehead atoms. The van der Waals surface area contributed by atoms with Gasteiger partial charge >= 0.3 is 0 Å². The summed E-state index contributed by atoms with van der Waals surface area (Å²) in [6.45, 7) is 6.02. The van der Waals surface area contributed by atoms with E-state index < -0.39 is 0 Å². The van der Waals surface area contributed by atoms with Crippen LogP contribution >= 0.6 is 0 Å². The Kier molecular flexibility index (Phi) is 3.14. The average Bonchev–Trinajstić information content (AvgIpc) is 2.69. The number of nitrogens with one attached hydrogen (secondary N) is 2. The molecule has 0 saturated carbocycles. The minimum Gasteiger partial charge on any atom is -0.299 e. The predicted molar refractivity (Wildman–Crippen MR) is 70.7 cm³/mol. The minimum atomic E-state index is -0.250. The van der Waals surface area contributed by atoms with Gasteiger partial charge in [0, 0.05) is 5.41 Å². The van der Waals surface area contributed by atoms with E-state index in [1.165, 1.54) is 0 Å². The molecule has 0 aliphatic heterocycles. The number of azo groups is 1. The summed E-state index contributed by atoms with van der Waals surface area (Å²) in [5.41, 5.74) is 1.38. The molecular formula is C13H16N4O. The van der Waals surface area contributed by atoms with E-state index in [-0.39, 0.29) is 11.0 Å². The summed E-state index contributed by atoms with van der Waals surface area (Å²) < 4.78 is 0. The van der Waals surface area contributed by atoms with Crippen molar-refractivity contribution in [3.8, 4) is 0 Å². The van der Waals surface area contributed by atoms with Crippen LogP contribution in [0.4, 0.5) is 11.4 Å². The van der Waals surface area contributed by atoms with E-state index in [4.69, 9.17) is 0 Å². The summed E-state index contributed by atoms with van der Waals surface area (Å²) in [6.07, 6.45) is 0. The molecule has 0 spiro atoms. The lowest BCUT2D eigenvalue weighted by Gasteiger charge is -2.15. The molecule has 1 aromatic heterocycles. The van der Waals surface area contributed by atoms with E-state index in [0.717, 1.165) is 11.4 Å². The van der Waals surface area contributed by atoms with Crippen molar-refractivity contribution in [1.82, 2.24) is 10.2 Å². The molecule has 0 aliphatic rings. The van der Waals surface area contributed by atoms with Crippen molar-refractivity contribution >= 4 is 11.4 Å². The second kappa shape index (κ2) is 4.60. The van der Waals surface area contributed by atoms with Crippen LogP contribution in [0.15, 0.2) is 45.4 Å². The Hall–Kier alpha value is -2.17. The van der Waals surface area contributed by atoms with Crippen molar-refractivity contribution in [1.29, 1.82) is 0 Å². The van der Waals surface area contributed by atoms with Gasteiger partial charge in [0.05, 0.1) is 11.4 Å². The van der Waals surface area contributed by atoms with Gasteiger partial charge in [-0.1, -0.05) is 39.0 Å². The Morgan fingerprint density at radius 2 is 1.67 bits per heavy atom. The largest absolute Gasteiger partial charge is 0.299 e. The third kappa shape index (κ3) is 2.56. The summed E-state index contributed by atoms with van der Waals surface area (Å²) >= 11 is 0. The Morgan fingerprint density at radius 1 is 1.00 bits per heavy atom. The summed E-state index contributed by atoms with van der Waals surface area (Å²) in [7, 11) is 0. The zero-order valence-corrected chi connectivity index (χ0v) is 10.7. The van der Waals surface area contributed by atoms with Crippen molar-refractivity contribution in [2.24, 2.45) is 10.2 Å². The highest BCUT2D eigenvalue weighted by molar-refractivity contribution is 5.44. The molecule has 0 unspecified atom stereocenters. The fourth-order valence-electron chi connectivity index (χ4n) is 1.59. The maximum Gasteiger partial charge on any atom is 0.292 e. The molecule has 0 aliphatic carbocycles. The SMILES string of the molecule is CC(C)(C)c1[nH][nH]c(=O)c1N=Nc1ccccc1. The van der Waals surface area contributed by atoms with E-state index in [2.05, 4.69) is 20.4 Å². The Balaban J connectivity index is 2.38. The van der Waals surface area contributed by atoms with Gasteiger partial charge in [-0.3, -0.25) is 15.0 Å². The lowest BCUT2D eigenvalue weighted by molar-refractivity contribution is 0.567. The molecule has 2 rings (SSSR count). The minimum absolute atomic E-state index is 0.190. The molecule has 1 heterocycles. The zero-order chi connectivity index (χ0) is 13.2. The van der Waals surface area contributed by atoms with Crippen LogP contribution in [0.3, 0.4) is 0 Å². The summed E-state index contributed by atoms with van der Waals surface area (Å²) in [4.78, 5) is 11.7. The molecule has 18 heavy (non-hydrogen) atoms. The first-order valence-corrected chi connectivity index (χ1v) is 5.76. The van der Waals surface area contributed by atoms with Gasteiger partial charge in [0.1, 0.15) is 0 Å². The first-order chi connectivity index (χ1) is 8.48. The maximum absolute atomic E-state index is 11.7. The van der Waals surface area contributed by atoms with Gasteiger partial charge in [0.2, 0.25) is 0 Å². The first-order valence-electron chi connectivity index (χ1n) is 5.76. The summed E-state index contributed by atoms with van der Waals surface area (Å²) in [5, 5.41) is 13.5. The Labute approximate surface area is 105 Å². The Bertz CT molecular complexity index is 602. The number of benzene rings is 1. The van der Waals surface area contributed by atoms with E-state index in [1.54, 1.807) is 0 Å². The van der Waals surface area contributed by atoms with Gasteiger partial charge in [-0.2, -0.15) is 5.11 Å². The van der Waals surface area contributed by atoms with Crippen molar-refractivity contribution in [3.63, 3.8) is 0 Å². The second-order valence-electron chi connectivity index (χ2n) is 5.09. The van der Waals surface area contributed by atoms with Crippen LogP contribution < -0.4 is 5.56 Å². The number of rotatable bonds is 2. The van der Waals surface area contributed by atoms with Crippen molar-refractivity contribution < 1.29 is 0 Å². The van der Waals surface area contributed by atoms with Crippen LogP contribution in [0.1, 0.15) is 26.5 Å². The van der Waals surface area contributed by atoms with Gasteiger partial charge in [0.15, 0.2) is 5.69 Å². The quantitative estimate of drug-likeness (QED) is 0.780. The molecule has 2 N–H and O–H groups in total. The van der Waals surface area contributed by atoms with E-state index in [1.807, 2.05) is 51.1 Å². The van der Waals surface area contributed by atoms with Gasteiger partial charge in [-0.15, -0.1) is 5.11 Å². The van der Waals surface area contributed by atoms with Gasteiger partial charge < -0.3 is 0 Å². The van der Waals surface area contributed by atoms with Crippen molar-refractivity contribution in [2.45, 2.75) is 26.2 Å². The predicted octanol–water partition coefficient (Wildman–Crippen LogP) is 3.42. The van der Waals surface area contributed by atoms with Crippen LogP contribution in [0.5, 0.6) is 0 Å². The third-order valence-corrected chi connectivity index (χ3v) is 2.52. The lowest BCUT2D eigenvalue weighted by Crippen LogP contribution is -2.12. The molecular weight excluding hydrogens is 228 g/mol. The maximum atomic E-state index is 11.7. The zero-order valence-electron chi connectivity index (χ0n) is 10.7. The number of aromatic nitrogens is 2. The molecule has 0 radical (unpaired) electrons. The number of hydrogen-bond acceptors (Lipinski definition) is 3. The highest BCUT2D eigenvalue weighted by Gasteiger charge is 2.22. The lowest BCUT2D eigenvalue weighted by atomic mass is 9.91. The average molecular weight is 244 g/mol. The molecule has 0 fully saturated rings. The number of nitrogens with zero attached hydrogens (tertiary/aromatic N) is 2. The normalized spacial score (nSPS) is 12.2. The van der Waals surface area contributed by atoms with Crippen LogP contribution in [0, 0.1) is 0 Å². The highest BCUT2D eigenvalue weighted by atomic mass is 16.1. The summed E-state index contributed by atoms with van der Waals surface area (Å²) in [6, 6.07) is 9.33. The number of H-pyrrole nitrogens is 2. The van der Waals surface area contributed by atoms with Crippen LogP contribution in [0.25, 0.3) is 0 Å². The third-order valence-electron chi connectivity index (χ3n) is 2.52. The number of aromatic amines is 2. The van der Waals surface area contributed by atoms with Crippen LogP contribution in [-0.4, -0.2) is 10.2 Å². The van der Waals surface area contributed by atoms with Gasteiger partial charge in [-0.25, -0.2) is 0 Å². The van der Waals surface area contributed by atoms with E-state index >= 15 is 0 Å². The molecule has 0 amide bonds. The molecule has 2 aromatic rings. The molecule has 5 heteroatoms. The Morgan fingerprint density at radius 3 is 2.28 bits per heavy atom. The van der Waals surface area contributed by atoms with Crippen molar-refractivity contribution in [3.05, 3.63) is 46.4 Å². The number of hydrogen-bond donors (Lipinski definition) is 2. The topological polar surface area (TPSA) is 73.4 Å². The molecule has 0 atom stereocenters. The summed E-state index contributed by atoms with van der Waals surface area (Å²) in [5.74, 6) is 0. The fourth-order valence-corrected chi connectivity index (χ4v) is 1.59. The monoisotopic (exact) mass is 244 g/mol. The second-order valence-corrected chi connectivity index (χ2v) is 5.09. The fraction of sp³-hybridized carbons (Fsp3) is 0.308. The van der Waals surface area contributed by atoms with E-state index in [9.17, 15) is 4.79 Å². The van der Waals surface area contributed by atoms with Crippen molar-refractivity contribution in [2.75, 3.05) is 0 Å². The van der Waals surface area contributed by atoms with Crippen LogP contribution in [0.2, 0.25) is 0 Å². The van der Waals surface area contributed by atoms with Crippen LogP contribution in [-0.2, 0) is 5.41 Å².